The fraction of sp³-hybridized carbons (Fsp3) is 0.500. The van der Waals surface area contributed by atoms with Crippen LogP contribution in [-0.2, 0) is 29.7 Å². The molecule has 0 aromatic heterocycles. The smallest absolute Gasteiger partial charge is 0.294 e. The summed E-state index contributed by atoms with van der Waals surface area (Å²) in [6, 6.07) is 2.22. The normalized spacial score (nSPS) is 16.0. The highest BCUT2D eigenvalue weighted by Crippen LogP contribution is 2.33. The lowest BCUT2D eigenvalue weighted by Crippen LogP contribution is -2.44. The molecule has 17 heteroatoms. The molecule has 1 aliphatic heterocycles. The van der Waals surface area contributed by atoms with Gasteiger partial charge in [0.25, 0.3) is 10.2 Å². The van der Waals surface area contributed by atoms with Gasteiger partial charge in [-0.15, -0.1) is 20.2 Å². The predicted octanol–water partition coefficient (Wildman–Crippen LogP) is -0.951. The Hall–Kier alpha value is -2.76. The summed E-state index contributed by atoms with van der Waals surface area (Å²) < 4.78 is 50.0. The van der Waals surface area contributed by atoms with Crippen LogP contribution in [0, 0.1) is 33.1 Å². The number of fused-ring (bicyclic) bond motifs is 1. The second kappa shape index (κ2) is 8.31. The maximum absolute atomic E-state index is 12.9. The first-order chi connectivity index (χ1) is 13.3. The maximum Gasteiger partial charge on any atom is 0.294 e. The third-order valence-electron chi connectivity index (χ3n) is 3.94. The first-order valence-corrected chi connectivity index (χ1v) is 10.8. The van der Waals surface area contributed by atoms with Gasteiger partial charge in [0.15, 0.2) is 0 Å². The van der Waals surface area contributed by atoms with Crippen LogP contribution in [-0.4, -0.2) is 57.7 Å². The van der Waals surface area contributed by atoms with Gasteiger partial charge in [0.05, 0.1) is 17.3 Å². The molecule has 162 valence electrons. The van der Waals surface area contributed by atoms with Crippen molar-refractivity contribution >= 4 is 25.7 Å². The van der Waals surface area contributed by atoms with E-state index in [1.807, 2.05) is 0 Å². The fourth-order valence-electron chi connectivity index (χ4n) is 2.66. The number of primary sulfonamides is 1. The molecule has 0 atom stereocenters. The molecular formula is C12H17N5O10S2. The standard InChI is InChI=1S/C12H17N5O10S2/c1-8-2-10-12(3-11(8)28(13,22)23)29(24,25)15(7-14-10)4-9(5-26-16(18)19)6-27-17(20)21/h2-3,9,14H,4-7H2,1H3,(H2,13,22,23). The van der Waals surface area contributed by atoms with Gasteiger partial charge in [0.2, 0.25) is 20.0 Å². The number of anilines is 1. The SMILES string of the molecule is Cc1cc2c(cc1S(N)(=O)=O)S(=O)(=O)N(CC(CO[N+](=O)[O-])CO[N+](=O)[O-])CN2. The van der Waals surface area contributed by atoms with Crippen LogP contribution in [0.4, 0.5) is 5.69 Å². The van der Waals surface area contributed by atoms with Crippen LogP contribution >= 0.6 is 0 Å². The second-order valence-electron chi connectivity index (χ2n) is 6.04. The lowest BCUT2D eigenvalue weighted by atomic mass is 10.2. The van der Waals surface area contributed by atoms with Crippen molar-refractivity contribution in [1.29, 1.82) is 0 Å². The number of nitrogens with one attached hydrogen (secondary N) is 1. The van der Waals surface area contributed by atoms with E-state index in [-0.39, 0.29) is 27.7 Å². The quantitative estimate of drug-likeness (QED) is 0.342. The van der Waals surface area contributed by atoms with Crippen LogP contribution in [0.2, 0.25) is 0 Å². The number of nitrogens with two attached hydrogens (primary N) is 1. The van der Waals surface area contributed by atoms with Gasteiger partial charge >= 0.3 is 0 Å². The van der Waals surface area contributed by atoms with Crippen molar-refractivity contribution in [3.8, 4) is 0 Å². The number of nitrogens with zero attached hydrogens (tertiary/aromatic N) is 3. The van der Waals surface area contributed by atoms with E-state index in [9.17, 15) is 37.1 Å². The van der Waals surface area contributed by atoms with E-state index >= 15 is 0 Å². The fourth-order valence-corrected chi connectivity index (χ4v) is 5.12. The van der Waals surface area contributed by atoms with Crippen LogP contribution in [0.25, 0.3) is 0 Å². The Morgan fingerprint density at radius 3 is 2.28 bits per heavy atom. The summed E-state index contributed by atoms with van der Waals surface area (Å²) in [6.07, 6.45) is 0. The lowest BCUT2D eigenvalue weighted by molar-refractivity contribution is -0.768. The van der Waals surface area contributed by atoms with Crippen molar-refractivity contribution in [3.63, 3.8) is 0 Å². The highest BCUT2D eigenvalue weighted by molar-refractivity contribution is 7.90. The van der Waals surface area contributed by atoms with Crippen molar-refractivity contribution in [1.82, 2.24) is 4.31 Å². The van der Waals surface area contributed by atoms with Crippen LogP contribution in [0.3, 0.4) is 0 Å². The molecule has 0 radical (unpaired) electrons. The summed E-state index contributed by atoms with van der Waals surface area (Å²) in [6.45, 7) is -0.571. The summed E-state index contributed by atoms with van der Waals surface area (Å²) in [5, 5.41) is 26.4. The molecule has 0 fully saturated rings. The van der Waals surface area contributed by atoms with Gasteiger partial charge in [-0.1, -0.05) is 0 Å². The number of benzene rings is 1. The van der Waals surface area contributed by atoms with Crippen molar-refractivity contribution in [3.05, 3.63) is 37.9 Å². The van der Waals surface area contributed by atoms with Crippen LogP contribution in [0.5, 0.6) is 0 Å². The molecule has 3 N–H and O–H groups in total. The number of sulfonamides is 2. The topological polar surface area (TPSA) is 214 Å². The van der Waals surface area contributed by atoms with Gasteiger partial charge in [0.1, 0.15) is 18.1 Å². The number of hydrogen-bond acceptors (Lipinski definition) is 11. The van der Waals surface area contributed by atoms with Gasteiger partial charge in [-0.3, -0.25) is 0 Å². The Labute approximate surface area is 164 Å². The predicted molar refractivity (Wildman–Crippen MR) is 94.3 cm³/mol. The molecular weight excluding hydrogens is 438 g/mol. The van der Waals surface area contributed by atoms with Crippen molar-refractivity contribution in [2.24, 2.45) is 11.1 Å². The van der Waals surface area contributed by atoms with Crippen LogP contribution < -0.4 is 10.5 Å². The van der Waals surface area contributed by atoms with E-state index in [1.54, 1.807) is 0 Å². The molecule has 0 amide bonds. The molecule has 0 saturated heterocycles. The minimum Gasteiger partial charge on any atom is -0.370 e. The average Bonchev–Trinajstić information content (AvgIpc) is 2.57. The zero-order valence-corrected chi connectivity index (χ0v) is 16.5. The largest absolute Gasteiger partial charge is 0.370 e. The molecule has 0 spiro atoms. The van der Waals surface area contributed by atoms with E-state index in [1.165, 1.54) is 13.0 Å². The summed E-state index contributed by atoms with van der Waals surface area (Å²) in [5.41, 5.74) is 0.379. The number of aryl methyl sites for hydroxylation is 1. The van der Waals surface area contributed by atoms with Crippen molar-refractivity contribution in [2.75, 3.05) is 31.7 Å². The number of hydrogen-bond donors (Lipinski definition) is 2. The van der Waals surface area contributed by atoms with Crippen molar-refractivity contribution < 1.29 is 36.7 Å². The van der Waals surface area contributed by atoms with E-state index < -0.39 is 55.9 Å². The van der Waals surface area contributed by atoms with Crippen LogP contribution in [0.1, 0.15) is 5.56 Å². The average molecular weight is 455 g/mol. The molecule has 1 heterocycles. The van der Waals surface area contributed by atoms with Gasteiger partial charge in [-0.05, 0) is 24.6 Å². The highest BCUT2D eigenvalue weighted by atomic mass is 32.2. The molecule has 0 unspecified atom stereocenters. The molecule has 0 saturated carbocycles. The summed E-state index contributed by atoms with van der Waals surface area (Å²) in [5.74, 6) is -1.06. The Morgan fingerprint density at radius 2 is 1.79 bits per heavy atom. The molecule has 1 aliphatic rings. The van der Waals surface area contributed by atoms with E-state index in [4.69, 9.17) is 5.14 Å². The van der Waals surface area contributed by atoms with E-state index in [0.29, 0.717) is 0 Å². The Morgan fingerprint density at radius 1 is 1.24 bits per heavy atom. The number of rotatable bonds is 9. The zero-order chi connectivity index (χ0) is 22.0. The third kappa shape index (κ3) is 5.40. The van der Waals surface area contributed by atoms with Crippen LogP contribution in [0.15, 0.2) is 21.9 Å². The van der Waals surface area contributed by atoms with Crippen molar-refractivity contribution in [2.45, 2.75) is 16.7 Å². The molecule has 2 rings (SSSR count). The molecule has 29 heavy (non-hydrogen) atoms. The monoisotopic (exact) mass is 455 g/mol. The Kier molecular flexibility index (Phi) is 6.46. The van der Waals surface area contributed by atoms with Gasteiger partial charge < -0.3 is 15.0 Å². The third-order valence-corrected chi connectivity index (χ3v) is 6.84. The van der Waals surface area contributed by atoms with Gasteiger partial charge in [-0.2, -0.15) is 4.31 Å². The summed E-state index contributed by atoms with van der Waals surface area (Å²) >= 11 is 0. The Balaban J connectivity index is 2.34. The van der Waals surface area contributed by atoms with E-state index in [0.717, 1.165) is 10.4 Å². The molecule has 1 aromatic rings. The lowest BCUT2D eigenvalue weighted by Gasteiger charge is -2.32. The molecule has 0 bridgehead atoms. The minimum atomic E-state index is -4.25. The maximum atomic E-state index is 12.9. The summed E-state index contributed by atoms with van der Waals surface area (Å²) in [7, 11) is -8.45. The minimum absolute atomic E-state index is 0.144. The zero-order valence-electron chi connectivity index (χ0n) is 14.9. The van der Waals surface area contributed by atoms with Gasteiger partial charge in [-0.25, -0.2) is 22.0 Å². The first kappa shape index (κ1) is 22.5. The molecule has 1 aromatic carbocycles. The first-order valence-electron chi connectivity index (χ1n) is 7.78. The molecule has 0 aliphatic carbocycles. The van der Waals surface area contributed by atoms with E-state index in [2.05, 4.69) is 15.0 Å². The summed E-state index contributed by atoms with van der Waals surface area (Å²) in [4.78, 5) is 28.4. The second-order valence-corrected chi connectivity index (χ2v) is 9.47. The van der Waals surface area contributed by atoms with Gasteiger partial charge in [0, 0.05) is 12.5 Å². The Bertz CT molecular complexity index is 1010. The highest BCUT2D eigenvalue weighted by Gasteiger charge is 2.35. The molecule has 15 nitrogen and oxygen atoms in total.